The largest absolute Gasteiger partial charge is 0.464 e. The van der Waals surface area contributed by atoms with Crippen molar-refractivity contribution >= 4 is 64.3 Å². The van der Waals surface area contributed by atoms with E-state index in [1.54, 1.807) is 38.1 Å². The Bertz CT molecular complexity index is 1780. The Labute approximate surface area is 295 Å². The molecule has 5 amide bonds. The first-order valence-electron chi connectivity index (χ1n) is 14.6. The number of imide groups is 2. The molecule has 4 rings (SSSR count). The van der Waals surface area contributed by atoms with E-state index in [1.165, 1.54) is 51.5 Å². The highest BCUT2D eigenvalue weighted by atomic mass is 35.5. The number of carbonyl (C=O) groups is 4. The van der Waals surface area contributed by atoms with Crippen LogP contribution < -0.4 is 10.2 Å². The zero-order valence-corrected chi connectivity index (χ0v) is 28.9. The molecular weight excluding hydrogens is 706 g/mol. The van der Waals surface area contributed by atoms with Crippen LogP contribution in [0.2, 0.25) is 10.0 Å². The second-order valence-corrected chi connectivity index (χ2v) is 11.5. The molecule has 0 bridgehead atoms. The number of rotatable bonds is 9. The van der Waals surface area contributed by atoms with Gasteiger partial charge in [-0.2, -0.15) is 13.2 Å². The van der Waals surface area contributed by atoms with Crippen LogP contribution in [-0.2, 0) is 36.8 Å². The van der Waals surface area contributed by atoms with Crippen LogP contribution in [0, 0.1) is 0 Å². The summed E-state index contributed by atoms with van der Waals surface area (Å²) in [6.45, 7) is 4.69. The number of hydrogen-bond donors (Lipinski definition) is 1. The lowest BCUT2D eigenvalue weighted by Crippen LogP contribution is -2.45. The topological polar surface area (TPSA) is 139 Å². The molecule has 0 spiro atoms. The first-order chi connectivity index (χ1) is 23.6. The quantitative estimate of drug-likeness (QED) is 0.107. The van der Waals surface area contributed by atoms with E-state index in [-0.39, 0.29) is 41.9 Å². The highest BCUT2D eigenvalue weighted by molar-refractivity contribution is 6.43. The molecular formula is C33H32Cl2F3N5O7. The Balaban J connectivity index is 0.000000284. The number of carbonyl (C=O) groups excluding carboxylic acids is 4. The standard InChI is InChI=1S/C20H19F3N2O4.C13H13Cl2N3O3/c1-13(14-8-6-9-16(11-14)20(21,22)23)24-29-12-15-7-4-5-10-17(15)18(25-28-3)19(26)27-2;1-7(2)16-12(20)17-6-11(19)18(13(17)21)10-4-8(14)3-9(15)5-10/h4-11H,12H2,1-3H3;3-5,7H,6H2,1-2H3,(H,16,20)/b24-13+,25-18+;. The van der Waals surface area contributed by atoms with Crippen molar-refractivity contribution in [2.24, 2.45) is 10.3 Å². The number of nitrogens with zero attached hydrogens (tertiary/aromatic N) is 4. The number of anilines is 1. The van der Waals surface area contributed by atoms with E-state index >= 15 is 0 Å². The van der Waals surface area contributed by atoms with E-state index in [2.05, 4.69) is 15.6 Å². The van der Waals surface area contributed by atoms with Crippen molar-refractivity contribution in [2.75, 3.05) is 25.7 Å². The molecule has 1 saturated heterocycles. The maximum absolute atomic E-state index is 12.9. The highest BCUT2D eigenvalue weighted by Gasteiger charge is 2.41. The maximum atomic E-state index is 12.9. The van der Waals surface area contributed by atoms with Crippen molar-refractivity contribution in [3.8, 4) is 0 Å². The van der Waals surface area contributed by atoms with Crippen molar-refractivity contribution in [2.45, 2.75) is 39.6 Å². The number of nitrogens with one attached hydrogen (secondary N) is 1. The van der Waals surface area contributed by atoms with Gasteiger partial charge in [0.1, 0.15) is 20.3 Å². The minimum Gasteiger partial charge on any atom is -0.464 e. The SMILES string of the molecule is CC(C)NC(=O)N1CC(=O)N(c2cc(Cl)cc(Cl)c2)C1=O.CO/N=C(/C(=O)OC)c1ccccc1CO/N=C(\C)c1cccc(C(F)(F)F)c1. The molecule has 1 N–H and O–H groups in total. The number of oxime groups is 2. The number of esters is 1. The van der Waals surface area contributed by atoms with Gasteiger partial charge < -0.3 is 19.7 Å². The first-order valence-corrected chi connectivity index (χ1v) is 15.4. The number of alkyl halides is 3. The second-order valence-electron chi connectivity index (χ2n) is 10.6. The molecule has 0 saturated carbocycles. The molecule has 3 aromatic rings. The third-order valence-corrected chi connectivity index (χ3v) is 7.03. The molecule has 266 valence electrons. The predicted molar refractivity (Wildman–Crippen MR) is 180 cm³/mol. The Morgan fingerprint density at radius 2 is 1.62 bits per heavy atom. The summed E-state index contributed by atoms with van der Waals surface area (Å²) >= 11 is 11.7. The van der Waals surface area contributed by atoms with Crippen molar-refractivity contribution < 1.29 is 46.8 Å². The van der Waals surface area contributed by atoms with Gasteiger partial charge in [0, 0.05) is 27.2 Å². The molecule has 0 unspecified atom stereocenters. The zero-order chi connectivity index (χ0) is 37.2. The van der Waals surface area contributed by atoms with Crippen LogP contribution in [0.5, 0.6) is 0 Å². The monoisotopic (exact) mass is 737 g/mol. The number of methoxy groups -OCH3 is 1. The van der Waals surface area contributed by atoms with Crippen molar-refractivity contribution in [3.05, 3.63) is 99.0 Å². The van der Waals surface area contributed by atoms with Gasteiger partial charge in [0.2, 0.25) is 0 Å². The molecule has 0 aliphatic carbocycles. The molecule has 1 aliphatic rings. The van der Waals surface area contributed by atoms with Gasteiger partial charge in [-0.25, -0.2) is 24.2 Å². The lowest BCUT2D eigenvalue weighted by molar-refractivity contribution is -0.137. The summed E-state index contributed by atoms with van der Waals surface area (Å²) in [5, 5.41) is 10.7. The number of hydrogen-bond acceptors (Lipinski definition) is 9. The molecule has 50 heavy (non-hydrogen) atoms. The van der Waals surface area contributed by atoms with Crippen molar-refractivity contribution in [1.29, 1.82) is 0 Å². The molecule has 1 aliphatic heterocycles. The van der Waals surface area contributed by atoms with Crippen molar-refractivity contribution in [1.82, 2.24) is 10.2 Å². The lowest BCUT2D eigenvalue weighted by Gasteiger charge is -2.18. The Morgan fingerprint density at radius 1 is 0.960 bits per heavy atom. The Hall–Kier alpha value is -5.15. The van der Waals surface area contributed by atoms with Crippen LogP contribution in [0.15, 0.2) is 77.0 Å². The molecule has 1 heterocycles. The van der Waals surface area contributed by atoms with Gasteiger partial charge in [-0.15, -0.1) is 0 Å². The smallest absolute Gasteiger partial charge is 0.416 e. The molecule has 0 aromatic heterocycles. The van der Waals surface area contributed by atoms with Gasteiger partial charge >= 0.3 is 24.2 Å². The molecule has 12 nitrogen and oxygen atoms in total. The van der Waals surface area contributed by atoms with E-state index < -0.39 is 35.7 Å². The van der Waals surface area contributed by atoms with Crippen molar-refractivity contribution in [3.63, 3.8) is 0 Å². The van der Waals surface area contributed by atoms with Crippen LogP contribution in [-0.4, -0.2) is 67.1 Å². The summed E-state index contributed by atoms with van der Waals surface area (Å²) in [6.07, 6.45) is -4.44. The van der Waals surface area contributed by atoms with Crippen LogP contribution in [0.4, 0.5) is 28.4 Å². The summed E-state index contributed by atoms with van der Waals surface area (Å²) in [5.41, 5.74) is 0.961. The molecule has 0 radical (unpaired) electrons. The minimum atomic E-state index is -4.44. The Morgan fingerprint density at radius 3 is 2.22 bits per heavy atom. The first kappa shape index (κ1) is 39.3. The third-order valence-electron chi connectivity index (χ3n) is 6.59. The van der Waals surface area contributed by atoms with E-state index in [4.69, 9.17) is 37.6 Å². The van der Waals surface area contributed by atoms with Gasteiger partial charge in [-0.3, -0.25) is 4.79 Å². The van der Waals surface area contributed by atoms with E-state index in [0.717, 1.165) is 21.9 Å². The maximum Gasteiger partial charge on any atom is 0.416 e. The third kappa shape index (κ3) is 10.4. The van der Waals surface area contributed by atoms with E-state index in [9.17, 15) is 32.3 Å². The van der Waals surface area contributed by atoms with Crippen LogP contribution in [0.3, 0.4) is 0 Å². The average molecular weight is 739 g/mol. The average Bonchev–Trinajstić information content (AvgIpc) is 3.36. The number of halogens is 5. The van der Waals surface area contributed by atoms with E-state index in [1.807, 2.05) is 0 Å². The number of amides is 5. The van der Waals surface area contributed by atoms with E-state index in [0.29, 0.717) is 21.2 Å². The summed E-state index contributed by atoms with van der Waals surface area (Å²) in [4.78, 5) is 59.8. The van der Waals surface area contributed by atoms with Gasteiger partial charge in [-0.05, 0) is 56.7 Å². The summed E-state index contributed by atoms with van der Waals surface area (Å²) < 4.78 is 43.3. The fourth-order valence-corrected chi connectivity index (χ4v) is 4.86. The minimum absolute atomic E-state index is 0.0484. The molecule has 17 heteroatoms. The Kier molecular flexibility index (Phi) is 13.7. The van der Waals surface area contributed by atoms with Gasteiger partial charge in [0.05, 0.1) is 24.1 Å². The fraction of sp³-hybridized carbons (Fsp3) is 0.273. The van der Waals surface area contributed by atoms with Crippen LogP contribution >= 0.6 is 23.2 Å². The number of urea groups is 2. The summed E-state index contributed by atoms with van der Waals surface area (Å²) in [6, 6.07) is 14.4. The normalized spacial score (nSPS) is 13.6. The van der Waals surface area contributed by atoms with Crippen LogP contribution in [0.25, 0.3) is 0 Å². The lowest BCUT2D eigenvalue weighted by atomic mass is 10.0. The van der Waals surface area contributed by atoms with Crippen LogP contribution in [0.1, 0.15) is 43.0 Å². The number of benzene rings is 3. The molecule has 0 atom stereocenters. The molecule has 3 aromatic carbocycles. The number of ether oxygens (including phenoxy) is 1. The summed E-state index contributed by atoms with van der Waals surface area (Å²) in [7, 11) is 2.51. The predicted octanol–water partition coefficient (Wildman–Crippen LogP) is 7.05. The van der Waals surface area contributed by atoms with Gasteiger partial charge in [-0.1, -0.05) is 69.9 Å². The van der Waals surface area contributed by atoms with Gasteiger partial charge in [0.15, 0.2) is 5.71 Å². The fourth-order valence-electron chi connectivity index (χ4n) is 4.34. The second kappa shape index (κ2) is 17.5. The van der Waals surface area contributed by atoms with Gasteiger partial charge in [0.25, 0.3) is 5.91 Å². The molecule has 1 fully saturated rings. The highest BCUT2D eigenvalue weighted by Crippen LogP contribution is 2.30. The summed E-state index contributed by atoms with van der Waals surface area (Å²) in [5.74, 6) is -1.21. The zero-order valence-electron chi connectivity index (χ0n) is 27.4.